The molecule has 0 fully saturated rings. The van der Waals surface area contributed by atoms with Gasteiger partial charge in [-0.05, 0) is 0 Å². The van der Waals surface area contributed by atoms with Gasteiger partial charge in [0, 0.05) is 5.25 Å². The third-order valence-corrected chi connectivity index (χ3v) is 6.56. The van der Waals surface area contributed by atoms with Crippen molar-refractivity contribution in [2.24, 2.45) is 0 Å². The molecule has 1 aromatic rings. The lowest BCUT2D eigenvalue weighted by Gasteiger charge is -1.98. The minimum absolute atomic E-state index is 0.0179. The molecular weight excluding hydrogens is 256 g/mol. The lowest BCUT2D eigenvalue weighted by atomic mass is 10.6. The molecule has 1 rings (SSSR count). The monoisotopic (exact) mass is 268 g/mol. The van der Waals surface area contributed by atoms with Gasteiger partial charge in [-0.3, -0.25) is 4.21 Å². The Bertz CT molecular complexity index is 464. The third-order valence-electron chi connectivity index (χ3n) is 1.63. The molecule has 1 atom stereocenters. The van der Waals surface area contributed by atoms with Gasteiger partial charge in [0.25, 0.3) is 0 Å². The molecule has 1 aromatic heterocycles. The van der Waals surface area contributed by atoms with Crippen LogP contribution in [0.15, 0.2) is 8.68 Å². The lowest BCUT2D eigenvalue weighted by Crippen LogP contribution is -2.04. The Morgan fingerprint density at radius 1 is 1.40 bits per heavy atom. The van der Waals surface area contributed by atoms with Crippen LogP contribution >= 0.6 is 11.3 Å². The molecule has 86 valence electrons. The second-order valence-electron chi connectivity index (χ2n) is 3.08. The largest absolute Gasteiger partial charge is 0.252 e. The van der Waals surface area contributed by atoms with E-state index >= 15 is 0 Å². The van der Waals surface area contributed by atoms with E-state index in [-0.39, 0.29) is 19.7 Å². The first-order valence-corrected chi connectivity index (χ1v) is 8.03. The highest BCUT2D eigenvalue weighted by molar-refractivity contribution is 7.94. The van der Waals surface area contributed by atoms with Crippen molar-refractivity contribution >= 4 is 32.0 Å². The Labute approximate surface area is 95.3 Å². The first-order chi connectivity index (χ1) is 6.88. The van der Waals surface area contributed by atoms with Crippen molar-refractivity contribution in [3.05, 3.63) is 0 Å². The third kappa shape index (κ3) is 2.82. The first-order valence-electron chi connectivity index (χ1n) is 4.35. The summed E-state index contributed by atoms with van der Waals surface area (Å²) < 4.78 is 34.7. The molecule has 0 saturated heterocycles. The predicted octanol–water partition coefficient (Wildman–Crippen LogP) is 0.848. The van der Waals surface area contributed by atoms with E-state index in [1.54, 1.807) is 13.8 Å². The fourth-order valence-corrected chi connectivity index (χ4v) is 4.38. The SMILES string of the molecule is CCS(=O)(=O)c1nnc(S(=O)C(C)C)s1. The summed E-state index contributed by atoms with van der Waals surface area (Å²) >= 11 is 0.890. The Balaban J connectivity index is 3.06. The maximum atomic E-state index is 11.6. The highest BCUT2D eigenvalue weighted by atomic mass is 32.2. The molecule has 8 heteroatoms. The van der Waals surface area contributed by atoms with Crippen LogP contribution in [0.2, 0.25) is 0 Å². The molecular formula is C7H12N2O3S3. The average Bonchev–Trinajstić information content (AvgIpc) is 2.65. The maximum Gasteiger partial charge on any atom is 0.233 e. The van der Waals surface area contributed by atoms with Crippen LogP contribution in [-0.2, 0) is 20.6 Å². The van der Waals surface area contributed by atoms with Crippen LogP contribution in [0.4, 0.5) is 0 Å². The summed E-state index contributed by atoms with van der Waals surface area (Å²) in [5, 5.41) is 7.10. The summed E-state index contributed by atoms with van der Waals surface area (Å²) in [6.07, 6.45) is 0. The van der Waals surface area contributed by atoms with Gasteiger partial charge in [0.05, 0.1) is 16.6 Å². The van der Waals surface area contributed by atoms with Crippen LogP contribution in [-0.4, -0.2) is 33.8 Å². The quantitative estimate of drug-likeness (QED) is 0.809. The number of nitrogens with zero attached hydrogens (tertiary/aromatic N) is 2. The summed E-state index contributed by atoms with van der Waals surface area (Å²) in [6, 6.07) is 0. The number of hydrogen-bond acceptors (Lipinski definition) is 6. The van der Waals surface area contributed by atoms with E-state index in [9.17, 15) is 12.6 Å². The van der Waals surface area contributed by atoms with Crippen molar-refractivity contribution in [2.75, 3.05) is 5.75 Å². The van der Waals surface area contributed by atoms with Crippen molar-refractivity contribution in [1.82, 2.24) is 10.2 Å². The van der Waals surface area contributed by atoms with Gasteiger partial charge >= 0.3 is 0 Å². The fraction of sp³-hybridized carbons (Fsp3) is 0.714. The second kappa shape index (κ2) is 4.67. The van der Waals surface area contributed by atoms with E-state index in [0.29, 0.717) is 0 Å². The van der Waals surface area contributed by atoms with E-state index in [4.69, 9.17) is 0 Å². The van der Waals surface area contributed by atoms with Crippen LogP contribution in [0, 0.1) is 0 Å². The van der Waals surface area contributed by atoms with E-state index in [0.717, 1.165) is 11.3 Å². The van der Waals surface area contributed by atoms with Crippen molar-refractivity contribution in [3.63, 3.8) is 0 Å². The molecule has 1 heterocycles. The zero-order valence-corrected chi connectivity index (χ0v) is 11.1. The Morgan fingerprint density at radius 3 is 2.47 bits per heavy atom. The number of aromatic nitrogens is 2. The molecule has 1 unspecified atom stereocenters. The minimum Gasteiger partial charge on any atom is -0.252 e. The van der Waals surface area contributed by atoms with Crippen LogP contribution in [0.25, 0.3) is 0 Å². The lowest BCUT2D eigenvalue weighted by molar-refractivity contribution is 0.595. The van der Waals surface area contributed by atoms with Crippen molar-refractivity contribution in [3.8, 4) is 0 Å². The van der Waals surface area contributed by atoms with E-state index < -0.39 is 20.6 Å². The van der Waals surface area contributed by atoms with Gasteiger partial charge in [-0.15, -0.1) is 10.2 Å². The van der Waals surface area contributed by atoms with Gasteiger partial charge in [0.15, 0.2) is 0 Å². The molecule has 0 amide bonds. The van der Waals surface area contributed by atoms with Gasteiger partial charge in [0.2, 0.25) is 18.5 Å². The Hall–Kier alpha value is -0.340. The number of hydrogen-bond donors (Lipinski definition) is 0. The standard InChI is InChI=1S/C7H12N2O3S3/c1-4-15(11,12)7-9-8-6(13-7)14(10)5(2)3/h5H,4H2,1-3H3. The molecule has 0 aliphatic rings. The molecule has 0 radical (unpaired) electrons. The molecule has 0 aromatic carbocycles. The van der Waals surface area contributed by atoms with Crippen molar-refractivity contribution in [2.45, 2.75) is 34.7 Å². The van der Waals surface area contributed by atoms with Crippen LogP contribution in [0.1, 0.15) is 20.8 Å². The average molecular weight is 268 g/mol. The Kier molecular flexibility index (Phi) is 3.96. The normalized spacial score (nSPS) is 14.4. The van der Waals surface area contributed by atoms with Crippen LogP contribution < -0.4 is 0 Å². The topological polar surface area (TPSA) is 77.0 Å². The zero-order chi connectivity index (χ0) is 11.6. The van der Waals surface area contributed by atoms with Crippen LogP contribution in [0.3, 0.4) is 0 Å². The van der Waals surface area contributed by atoms with Gasteiger partial charge in [0.1, 0.15) is 0 Å². The molecule has 5 nitrogen and oxygen atoms in total. The molecule has 0 saturated carbocycles. The molecule has 0 spiro atoms. The summed E-state index contributed by atoms with van der Waals surface area (Å²) in [7, 11) is -4.60. The van der Waals surface area contributed by atoms with Crippen LogP contribution in [0.5, 0.6) is 0 Å². The number of sulfone groups is 1. The first kappa shape index (κ1) is 12.7. The molecule has 0 aliphatic heterocycles. The van der Waals surface area contributed by atoms with Gasteiger partial charge in [-0.1, -0.05) is 32.1 Å². The van der Waals surface area contributed by atoms with Gasteiger partial charge < -0.3 is 0 Å². The van der Waals surface area contributed by atoms with Gasteiger partial charge in [-0.2, -0.15) is 0 Å². The smallest absolute Gasteiger partial charge is 0.233 e. The van der Waals surface area contributed by atoms with E-state index in [2.05, 4.69) is 10.2 Å². The van der Waals surface area contributed by atoms with E-state index in [1.807, 2.05) is 0 Å². The second-order valence-corrected chi connectivity index (χ2v) is 8.70. The highest BCUT2D eigenvalue weighted by Crippen LogP contribution is 2.21. The maximum absolute atomic E-state index is 11.6. The summed E-state index contributed by atoms with van der Waals surface area (Å²) in [4.78, 5) is 0. The Morgan fingerprint density at radius 2 is 2.00 bits per heavy atom. The molecule has 0 N–H and O–H groups in total. The number of rotatable bonds is 4. The van der Waals surface area contributed by atoms with Crippen molar-refractivity contribution < 1.29 is 12.6 Å². The summed E-state index contributed by atoms with van der Waals surface area (Å²) in [5.41, 5.74) is 0. The van der Waals surface area contributed by atoms with E-state index in [1.165, 1.54) is 6.92 Å². The fourth-order valence-electron chi connectivity index (χ4n) is 0.729. The molecule has 0 bridgehead atoms. The predicted molar refractivity (Wildman–Crippen MR) is 59.2 cm³/mol. The molecule has 15 heavy (non-hydrogen) atoms. The van der Waals surface area contributed by atoms with Crippen molar-refractivity contribution in [1.29, 1.82) is 0 Å². The summed E-state index contributed by atoms with van der Waals surface area (Å²) in [6.45, 7) is 5.10. The zero-order valence-electron chi connectivity index (χ0n) is 8.63. The van der Waals surface area contributed by atoms with Gasteiger partial charge in [-0.25, -0.2) is 8.42 Å². The minimum atomic E-state index is -3.33. The molecule has 0 aliphatic carbocycles. The highest BCUT2D eigenvalue weighted by Gasteiger charge is 2.21. The summed E-state index contributed by atoms with van der Waals surface area (Å²) in [5.74, 6) is -0.0179.